The van der Waals surface area contributed by atoms with E-state index in [1.54, 1.807) is 0 Å². The molecule has 1 fully saturated rings. The molecule has 0 aliphatic carbocycles. The quantitative estimate of drug-likeness (QED) is 0.146. The normalized spacial score (nSPS) is 33.4. The maximum absolute atomic E-state index is 9.32. The van der Waals surface area contributed by atoms with Crippen LogP contribution in [-0.4, -0.2) is 57.7 Å². The molecule has 0 aromatic heterocycles. The summed E-state index contributed by atoms with van der Waals surface area (Å²) in [4.78, 5) is 2.44. The van der Waals surface area contributed by atoms with Crippen LogP contribution in [0.4, 0.5) is 0 Å². The summed E-state index contributed by atoms with van der Waals surface area (Å²) in [5, 5.41) is 39.8. The smallest absolute Gasteiger partial charge is 0.183 e. The van der Waals surface area contributed by atoms with Crippen LogP contribution in [0.5, 0.6) is 0 Å². The van der Waals surface area contributed by atoms with Gasteiger partial charge in [-0.05, 0) is 5.53 Å². The van der Waals surface area contributed by atoms with Crippen LogP contribution >= 0.6 is 0 Å². The number of hydrogen-bond acceptors (Lipinski definition) is 6. The summed E-state index contributed by atoms with van der Waals surface area (Å²) in [6.45, 7) is -0.224. The van der Waals surface area contributed by atoms with Crippen molar-refractivity contribution in [2.75, 3.05) is 6.54 Å². The Bertz CT molecular complexity index is 257. The van der Waals surface area contributed by atoms with Crippen molar-refractivity contribution in [3.63, 3.8) is 0 Å². The first-order valence-electron chi connectivity index (χ1n) is 3.96. The molecule has 0 saturated carbocycles. The van der Waals surface area contributed by atoms with Crippen molar-refractivity contribution < 1.29 is 201 Å². The SMILES string of the molecule is [Ac].[Ac].[Ac].[Ac].[N-]=[N+]=NC[C@H]1OC(O)C(O)C(O)C1O. The predicted octanol–water partition coefficient (Wildman–Crippen LogP) is -1.90. The van der Waals surface area contributed by atoms with Crippen LogP contribution in [0, 0.1) is 176 Å². The summed E-state index contributed by atoms with van der Waals surface area (Å²) in [7, 11) is 0. The molecule has 4 radical (unpaired) electrons. The van der Waals surface area contributed by atoms with E-state index in [-0.39, 0.29) is 183 Å². The largest absolute Gasteiger partial charge is 0.388 e. The van der Waals surface area contributed by atoms with Gasteiger partial charge >= 0.3 is 0 Å². The molecule has 0 spiro atoms. The molecule has 1 rings (SSSR count). The van der Waals surface area contributed by atoms with E-state index in [1.165, 1.54) is 0 Å². The number of ether oxygens (including phenoxy) is 1. The van der Waals surface area contributed by atoms with Crippen LogP contribution in [0.2, 0.25) is 0 Å². The number of rotatable bonds is 2. The van der Waals surface area contributed by atoms with Gasteiger partial charge in [-0.2, -0.15) is 0 Å². The minimum Gasteiger partial charge on any atom is -0.388 e. The minimum atomic E-state index is -1.59. The average molecular weight is 1110 g/mol. The predicted molar refractivity (Wildman–Crippen MR) is 42.9 cm³/mol. The number of aliphatic hydroxyl groups is 4. The summed E-state index contributed by atoms with van der Waals surface area (Å²) in [5.41, 5.74) is 8.01. The van der Waals surface area contributed by atoms with E-state index in [2.05, 4.69) is 10.0 Å². The third kappa shape index (κ3) is 9.89. The zero-order valence-electron chi connectivity index (χ0n) is 9.44. The van der Waals surface area contributed by atoms with Gasteiger partial charge in [-0.3, -0.25) is 0 Å². The second kappa shape index (κ2) is 16.7. The first-order valence-corrected chi connectivity index (χ1v) is 3.96. The van der Waals surface area contributed by atoms with Crippen molar-refractivity contribution in [1.82, 2.24) is 0 Å². The zero-order valence-corrected chi connectivity index (χ0v) is 28.4. The van der Waals surface area contributed by atoms with Crippen LogP contribution in [0.25, 0.3) is 10.4 Å². The Hall–Kier alpha value is 4.88. The van der Waals surface area contributed by atoms with Gasteiger partial charge in [0, 0.05) is 181 Å². The molecule has 1 heterocycles. The van der Waals surface area contributed by atoms with Gasteiger partial charge in [-0.25, -0.2) is 0 Å². The van der Waals surface area contributed by atoms with E-state index in [1.807, 2.05) is 0 Å². The molecule has 0 aromatic carbocycles. The molecule has 8 nitrogen and oxygen atoms in total. The van der Waals surface area contributed by atoms with Gasteiger partial charge in [0.1, 0.15) is 18.3 Å². The standard InChI is InChI=1S/C6H11N3O5.4Ac/c7-9-8-1-2-3(10)4(11)5(12)6(13)14-2;;;;/h2-6,10-13H,1H2;;;;/t2-,3?,4?,5?,6?;;;;/m1..../s1. The molecule has 12 heteroatoms. The Morgan fingerprint density at radius 2 is 1.44 bits per heavy atom. The third-order valence-electron chi connectivity index (χ3n) is 2.01. The molecule has 5 atom stereocenters. The summed E-state index contributed by atoms with van der Waals surface area (Å²) in [5.74, 6) is 0. The van der Waals surface area contributed by atoms with E-state index >= 15 is 0 Å². The van der Waals surface area contributed by atoms with E-state index in [0.29, 0.717) is 0 Å². The Morgan fingerprint density at radius 1 is 0.944 bits per heavy atom. The Kier molecular flexibility index (Phi) is 28.5. The molecule has 92 valence electrons. The first kappa shape index (κ1) is 30.7. The van der Waals surface area contributed by atoms with E-state index < -0.39 is 30.7 Å². The second-order valence-corrected chi connectivity index (χ2v) is 2.95. The summed E-state index contributed by atoms with van der Waals surface area (Å²) in [6.07, 6.45) is -7.07. The summed E-state index contributed by atoms with van der Waals surface area (Å²) in [6, 6.07) is 0. The molecule has 1 aliphatic rings. The van der Waals surface area contributed by atoms with E-state index in [0.717, 1.165) is 0 Å². The van der Waals surface area contributed by atoms with Crippen molar-refractivity contribution in [2.45, 2.75) is 30.7 Å². The van der Waals surface area contributed by atoms with Crippen molar-refractivity contribution >= 4 is 0 Å². The van der Waals surface area contributed by atoms with Crippen molar-refractivity contribution in [3.05, 3.63) is 10.4 Å². The van der Waals surface area contributed by atoms with Gasteiger partial charge in [0.05, 0.1) is 12.6 Å². The molecule has 18 heavy (non-hydrogen) atoms. The van der Waals surface area contributed by atoms with Gasteiger partial charge in [-0.15, -0.1) is 0 Å². The fourth-order valence-corrected chi connectivity index (χ4v) is 1.20. The second-order valence-electron chi connectivity index (χ2n) is 2.95. The zero-order chi connectivity index (χ0) is 10.7. The van der Waals surface area contributed by atoms with Gasteiger partial charge in [0.25, 0.3) is 0 Å². The maximum atomic E-state index is 9.32. The third-order valence-corrected chi connectivity index (χ3v) is 2.01. The average Bonchev–Trinajstić information content (AvgIpc) is 2.18. The maximum Gasteiger partial charge on any atom is 0.183 e. The number of nitrogens with zero attached hydrogens (tertiary/aromatic N) is 3. The number of azide groups is 1. The van der Waals surface area contributed by atoms with Crippen LogP contribution in [0.3, 0.4) is 0 Å². The molecule has 0 bridgehead atoms. The van der Waals surface area contributed by atoms with Crippen molar-refractivity contribution in [2.24, 2.45) is 5.11 Å². The van der Waals surface area contributed by atoms with Crippen molar-refractivity contribution in [3.8, 4) is 0 Å². The molecular weight excluding hydrogens is 1100 g/mol. The summed E-state index contributed by atoms with van der Waals surface area (Å²) >= 11 is 0. The van der Waals surface area contributed by atoms with E-state index in [9.17, 15) is 10.2 Å². The molecule has 4 N–H and O–H groups in total. The fourth-order valence-electron chi connectivity index (χ4n) is 1.20. The Balaban J connectivity index is -0.000000245. The van der Waals surface area contributed by atoms with E-state index in [4.69, 9.17) is 20.5 Å². The van der Waals surface area contributed by atoms with Crippen molar-refractivity contribution in [1.29, 1.82) is 0 Å². The number of aliphatic hydroxyl groups excluding tert-OH is 4. The molecule has 4 unspecified atom stereocenters. The van der Waals surface area contributed by atoms with Gasteiger partial charge < -0.3 is 25.2 Å². The molecule has 1 aliphatic heterocycles. The van der Waals surface area contributed by atoms with Crippen LogP contribution < -0.4 is 0 Å². The first-order chi connectivity index (χ1) is 6.57. The topological polar surface area (TPSA) is 139 Å². The van der Waals surface area contributed by atoms with Gasteiger partial charge in [0.2, 0.25) is 0 Å². The van der Waals surface area contributed by atoms with Crippen LogP contribution in [0.1, 0.15) is 0 Å². The fraction of sp³-hybridized carbons (Fsp3) is 1.00. The summed E-state index contributed by atoms with van der Waals surface area (Å²) < 4.78 is 4.71. The Labute approximate surface area is 247 Å². The van der Waals surface area contributed by atoms with Gasteiger partial charge in [0.15, 0.2) is 6.29 Å². The van der Waals surface area contributed by atoms with Crippen LogP contribution in [-0.2, 0) is 4.74 Å². The molecular formula is C6H11Ac4N3O5. The molecule has 1 saturated heterocycles. The minimum absolute atomic E-state index is 0. The van der Waals surface area contributed by atoms with Gasteiger partial charge in [-0.1, -0.05) is 5.11 Å². The monoisotopic (exact) mass is 1110 g/mol. The molecule has 0 aromatic rings. The molecule has 0 amide bonds. The van der Waals surface area contributed by atoms with Crippen LogP contribution in [0.15, 0.2) is 5.11 Å². The Morgan fingerprint density at radius 3 is 1.89 bits per heavy atom. The number of hydrogen-bond donors (Lipinski definition) is 4.